The van der Waals surface area contributed by atoms with Gasteiger partial charge in [0.25, 0.3) is 0 Å². The van der Waals surface area contributed by atoms with Gasteiger partial charge in [-0.2, -0.15) is 4.37 Å². The lowest BCUT2D eigenvalue weighted by atomic mass is 9.80. The van der Waals surface area contributed by atoms with Crippen LogP contribution in [0, 0.1) is 11.8 Å². The molecule has 1 aromatic rings. The molecule has 100 valence electrons. The number of anilines is 2. The Hall–Kier alpha value is -0.770. The Balaban J connectivity index is 1.72. The van der Waals surface area contributed by atoms with E-state index in [1.54, 1.807) is 11.5 Å². The summed E-state index contributed by atoms with van der Waals surface area (Å²) in [4.78, 5) is 0. The summed E-state index contributed by atoms with van der Waals surface area (Å²) in [5.74, 6) is 3.12. The van der Waals surface area contributed by atoms with Crippen LogP contribution in [0.2, 0.25) is 0 Å². The first kappa shape index (κ1) is 12.3. The molecule has 3 N–H and O–H groups in total. The van der Waals surface area contributed by atoms with E-state index in [0.717, 1.165) is 17.7 Å². The van der Waals surface area contributed by atoms with Crippen molar-refractivity contribution >= 4 is 22.4 Å². The van der Waals surface area contributed by atoms with Crippen molar-refractivity contribution in [2.24, 2.45) is 11.8 Å². The van der Waals surface area contributed by atoms with Gasteiger partial charge in [-0.1, -0.05) is 13.8 Å². The fraction of sp³-hybridized carbons (Fsp3) is 0.786. The Morgan fingerprint density at radius 3 is 2.44 bits per heavy atom. The normalized spacial score (nSPS) is 32.4. The zero-order valence-electron chi connectivity index (χ0n) is 11.3. The Morgan fingerprint density at radius 1 is 1.17 bits per heavy atom. The Bertz CT molecular complexity index is 415. The second-order valence-electron chi connectivity index (χ2n) is 6.34. The van der Waals surface area contributed by atoms with E-state index >= 15 is 0 Å². The number of nitrogen functional groups attached to an aromatic ring is 1. The van der Waals surface area contributed by atoms with Gasteiger partial charge < -0.3 is 11.1 Å². The highest BCUT2D eigenvalue weighted by Crippen LogP contribution is 2.48. The number of nitrogens with zero attached hydrogens (tertiary/aromatic N) is 1. The van der Waals surface area contributed by atoms with Crippen molar-refractivity contribution in [2.75, 3.05) is 11.1 Å². The standard InChI is InChI=1S/C14H23N3S/c1-8-5-9(2)7-11(6-8)16-14-12(10-3-4-10)13(15)17-18-14/h8-11,16H,3-7H2,1-2H3,(H2,15,17). The smallest absolute Gasteiger partial charge is 0.142 e. The van der Waals surface area contributed by atoms with Gasteiger partial charge in [-0.15, -0.1) is 0 Å². The highest BCUT2D eigenvalue weighted by atomic mass is 32.1. The molecule has 0 bridgehead atoms. The maximum absolute atomic E-state index is 6.00. The van der Waals surface area contributed by atoms with Gasteiger partial charge >= 0.3 is 0 Å². The van der Waals surface area contributed by atoms with Gasteiger partial charge in [0, 0.05) is 11.6 Å². The Morgan fingerprint density at radius 2 is 1.83 bits per heavy atom. The Kier molecular flexibility index (Phi) is 3.22. The van der Waals surface area contributed by atoms with Gasteiger partial charge in [-0.3, -0.25) is 0 Å². The third-order valence-electron chi connectivity index (χ3n) is 4.26. The summed E-state index contributed by atoms with van der Waals surface area (Å²) in [6.07, 6.45) is 6.51. The number of aromatic nitrogens is 1. The number of rotatable bonds is 3. The van der Waals surface area contributed by atoms with Crippen molar-refractivity contribution in [2.45, 2.75) is 57.9 Å². The van der Waals surface area contributed by atoms with E-state index in [2.05, 4.69) is 23.5 Å². The van der Waals surface area contributed by atoms with Gasteiger partial charge in [-0.05, 0) is 61.4 Å². The second-order valence-corrected chi connectivity index (χ2v) is 7.12. The highest BCUT2D eigenvalue weighted by molar-refractivity contribution is 7.10. The van der Waals surface area contributed by atoms with Gasteiger partial charge in [-0.25, -0.2) is 0 Å². The van der Waals surface area contributed by atoms with Crippen molar-refractivity contribution in [1.29, 1.82) is 0 Å². The lowest BCUT2D eigenvalue weighted by Gasteiger charge is -2.32. The van der Waals surface area contributed by atoms with Crippen LogP contribution in [0.15, 0.2) is 0 Å². The monoisotopic (exact) mass is 265 g/mol. The molecule has 4 heteroatoms. The van der Waals surface area contributed by atoms with Crippen LogP contribution in [0.3, 0.4) is 0 Å². The van der Waals surface area contributed by atoms with Crippen molar-refractivity contribution in [3.63, 3.8) is 0 Å². The van der Waals surface area contributed by atoms with Crippen LogP contribution in [-0.2, 0) is 0 Å². The van der Waals surface area contributed by atoms with Crippen LogP contribution in [0.25, 0.3) is 0 Å². The molecule has 2 atom stereocenters. The molecule has 3 rings (SSSR count). The van der Waals surface area contributed by atoms with E-state index in [9.17, 15) is 0 Å². The first-order chi connectivity index (χ1) is 8.63. The highest BCUT2D eigenvalue weighted by Gasteiger charge is 2.32. The van der Waals surface area contributed by atoms with Crippen LogP contribution in [0.4, 0.5) is 10.8 Å². The molecule has 1 heterocycles. The number of nitrogens with one attached hydrogen (secondary N) is 1. The van der Waals surface area contributed by atoms with E-state index in [0.29, 0.717) is 12.0 Å². The van der Waals surface area contributed by atoms with E-state index in [4.69, 9.17) is 5.73 Å². The molecular weight excluding hydrogens is 242 g/mol. The predicted octanol–water partition coefficient (Wildman–Crippen LogP) is 3.84. The Labute approximate surface area is 113 Å². The topological polar surface area (TPSA) is 50.9 Å². The van der Waals surface area contributed by atoms with Crippen molar-refractivity contribution in [3.05, 3.63) is 5.56 Å². The lowest BCUT2D eigenvalue weighted by molar-refractivity contribution is 0.281. The molecule has 2 saturated carbocycles. The van der Waals surface area contributed by atoms with E-state index in [1.807, 2.05) is 0 Å². The summed E-state index contributed by atoms with van der Waals surface area (Å²) in [5.41, 5.74) is 7.31. The van der Waals surface area contributed by atoms with Crippen molar-refractivity contribution in [3.8, 4) is 0 Å². The molecule has 0 amide bonds. The number of hydrogen-bond acceptors (Lipinski definition) is 4. The average Bonchev–Trinajstić information content (AvgIpc) is 3.04. The molecule has 2 fully saturated rings. The molecule has 0 aliphatic heterocycles. The minimum Gasteiger partial charge on any atom is -0.383 e. The van der Waals surface area contributed by atoms with Gasteiger partial charge in [0.2, 0.25) is 0 Å². The summed E-state index contributed by atoms with van der Waals surface area (Å²) in [5, 5.41) is 4.98. The number of nitrogens with two attached hydrogens (primary N) is 1. The summed E-state index contributed by atoms with van der Waals surface area (Å²) >= 11 is 1.55. The molecule has 2 unspecified atom stereocenters. The molecule has 0 aromatic carbocycles. The third kappa shape index (κ3) is 2.48. The van der Waals surface area contributed by atoms with Gasteiger partial charge in [0.15, 0.2) is 0 Å². The second kappa shape index (κ2) is 4.72. The summed E-state index contributed by atoms with van der Waals surface area (Å²) in [6.45, 7) is 4.74. The van der Waals surface area contributed by atoms with E-state index < -0.39 is 0 Å². The molecule has 3 nitrogen and oxygen atoms in total. The van der Waals surface area contributed by atoms with Crippen LogP contribution >= 0.6 is 11.5 Å². The average molecular weight is 265 g/mol. The molecule has 18 heavy (non-hydrogen) atoms. The molecule has 0 radical (unpaired) electrons. The molecule has 0 saturated heterocycles. The largest absolute Gasteiger partial charge is 0.383 e. The van der Waals surface area contributed by atoms with Crippen molar-refractivity contribution in [1.82, 2.24) is 4.37 Å². The number of hydrogen-bond donors (Lipinski definition) is 2. The minimum absolute atomic E-state index is 0.612. The molecule has 1 aromatic heterocycles. The molecule has 2 aliphatic carbocycles. The first-order valence-corrected chi connectivity index (χ1v) is 7.92. The SMILES string of the molecule is CC1CC(C)CC(Nc2snc(N)c2C2CC2)C1. The minimum atomic E-state index is 0.612. The van der Waals surface area contributed by atoms with Crippen LogP contribution < -0.4 is 11.1 Å². The predicted molar refractivity (Wildman–Crippen MR) is 78.1 cm³/mol. The zero-order chi connectivity index (χ0) is 12.7. The van der Waals surface area contributed by atoms with Crippen LogP contribution in [-0.4, -0.2) is 10.4 Å². The maximum atomic E-state index is 6.00. The summed E-state index contributed by atoms with van der Waals surface area (Å²) in [7, 11) is 0. The molecular formula is C14H23N3S. The molecule has 2 aliphatic rings. The zero-order valence-corrected chi connectivity index (χ0v) is 12.1. The maximum Gasteiger partial charge on any atom is 0.142 e. The van der Waals surface area contributed by atoms with Crippen molar-refractivity contribution < 1.29 is 0 Å². The van der Waals surface area contributed by atoms with E-state index in [1.165, 1.54) is 42.7 Å². The van der Waals surface area contributed by atoms with Crippen LogP contribution in [0.1, 0.15) is 57.4 Å². The summed E-state index contributed by atoms with van der Waals surface area (Å²) < 4.78 is 4.34. The summed E-state index contributed by atoms with van der Waals surface area (Å²) in [6, 6.07) is 0.612. The van der Waals surface area contributed by atoms with E-state index in [-0.39, 0.29) is 0 Å². The molecule has 0 spiro atoms. The quantitative estimate of drug-likeness (QED) is 0.873. The van der Waals surface area contributed by atoms with Crippen LogP contribution in [0.5, 0.6) is 0 Å². The lowest BCUT2D eigenvalue weighted by Crippen LogP contribution is -2.30. The fourth-order valence-corrected chi connectivity index (χ4v) is 4.31. The van der Waals surface area contributed by atoms with Gasteiger partial charge in [0.05, 0.1) is 0 Å². The first-order valence-electron chi connectivity index (χ1n) is 7.15. The fourth-order valence-electron chi connectivity index (χ4n) is 3.43. The van der Waals surface area contributed by atoms with Gasteiger partial charge in [0.1, 0.15) is 10.8 Å². The third-order valence-corrected chi connectivity index (χ3v) is 5.06.